The lowest BCUT2D eigenvalue weighted by Gasteiger charge is -2.20. The van der Waals surface area contributed by atoms with E-state index in [1.165, 1.54) is 10.1 Å². The molecule has 0 saturated carbocycles. The molecule has 0 aliphatic carbocycles. The van der Waals surface area contributed by atoms with Crippen LogP contribution in [-0.2, 0) is 16.6 Å². The van der Waals surface area contributed by atoms with Gasteiger partial charge in [-0.05, 0) is 73.5 Å². The highest BCUT2D eigenvalue weighted by Crippen LogP contribution is 2.24. The molecular weight excluding hydrogens is 352 g/mol. The summed E-state index contributed by atoms with van der Waals surface area (Å²) in [5.74, 6) is 0. The Morgan fingerprint density at radius 1 is 0.960 bits per heavy atom. The minimum absolute atomic E-state index is 0.582. The van der Waals surface area contributed by atoms with Gasteiger partial charge in [-0.3, -0.25) is 4.72 Å². The van der Waals surface area contributed by atoms with Gasteiger partial charge in [0.1, 0.15) is 0 Å². The minimum atomic E-state index is -3.40. The van der Waals surface area contributed by atoms with Crippen LogP contribution >= 0.6 is 11.3 Å². The smallest absolute Gasteiger partial charge is 0.237 e. The van der Waals surface area contributed by atoms with Crippen LogP contribution < -0.4 is 10.0 Å². The molecular formula is C19H22N2O2S2. The van der Waals surface area contributed by atoms with Crippen molar-refractivity contribution in [1.82, 2.24) is 0 Å². The molecule has 0 fully saturated rings. The van der Waals surface area contributed by atoms with Gasteiger partial charge >= 0.3 is 0 Å². The van der Waals surface area contributed by atoms with E-state index in [0.29, 0.717) is 12.2 Å². The van der Waals surface area contributed by atoms with Crippen LogP contribution in [0, 0.1) is 0 Å². The zero-order valence-corrected chi connectivity index (χ0v) is 16.2. The Hall–Kier alpha value is -2.05. The summed E-state index contributed by atoms with van der Waals surface area (Å²) in [6.45, 7) is 5.72. The molecule has 0 amide bonds. The highest BCUT2D eigenvalue weighted by Gasteiger charge is 2.28. The monoisotopic (exact) mass is 374 g/mol. The van der Waals surface area contributed by atoms with Gasteiger partial charge in [-0.1, -0.05) is 12.1 Å². The van der Waals surface area contributed by atoms with E-state index in [1.54, 1.807) is 44.2 Å². The van der Waals surface area contributed by atoms with E-state index < -0.39 is 14.8 Å². The number of nitrogens with one attached hydrogen (secondary N) is 2. The first-order valence-corrected chi connectivity index (χ1v) is 10.4. The van der Waals surface area contributed by atoms with Crippen molar-refractivity contribution in [2.24, 2.45) is 0 Å². The average molecular weight is 375 g/mol. The molecule has 2 N–H and O–H groups in total. The number of thiophene rings is 1. The first-order valence-electron chi connectivity index (χ1n) is 8.07. The fraction of sp³-hybridized carbons (Fsp3) is 0.263. The molecule has 6 heteroatoms. The van der Waals surface area contributed by atoms with Crippen LogP contribution in [0.2, 0.25) is 0 Å². The molecule has 0 unspecified atom stereocenters. The number of hydrogen-bond donors (Lipinski definition) is 2. The Morgan fingerprint density at radius 2 is 1.64 bits per heavy atom. The fourth-order valence-electron chi connectivity index (χ4n) is 2.28. The van der Waals surface area contributed by atoms with Gasteiger partial charge in [0.15, 0.2) is 0 Å². The molecule has 0 aliphatic heterocycles. The summed E-state index contributed by atoms with van der Waals surface area (Å²) in [4.78, 5) is 0. The number of anilines is 2. The summed E-state index contributed by atoms with van der Waals surface area (Å²) in [6, 6.07) is 15.9. The van der Waals surface area contributed by atoms with E-state index >= 15 is 0 Å². The van der Waals surface area contributed by atoms with Crippen LogP contribution in [0.15, 0.2) is 53.9 Å². The molecule has 2 aromatic carbocycles. The molecule has 3 rings (SSSR count). The Bertz CT molecular complexity index is 969. The van der Waals surface area contributed by atoms with E-state index in [0.717, 1.165) is 11.3 Å². The fourth-order valence-corrected chi connectivity index (χ4v) is 3.80. The summed E-state index contributed by atoms with van der Waals surface area (Å²) in [5.41, 5.74) is 2.74. The van der Waals surface area contributed by atoms with Crippen LogP contribution in [0.3, 0.4) is 0 Å². The summed E-state index contributed by atoms with van der Waals surface area (Å²) in [7, 11) is -3.40. The number of rotatable bonds is 5. The van der Waals surface area contributed by atoms with Crippen molar-refractivity contribution < 1.29 is 8.42 Å². The van der Waals surface area contributed by atoms with Gasteiger partial charge in [0.05, 0.1) is 4.75 Å². The largest absolute Gasteiger partial charge is 0.381 e. The maximum Gasteiger partial charge on any atom is 0.237 e. The summed E-state index contributed by atoms with van der Waals surface area (Å²) in [6.07, 6.45) is 0. The lowest BCUT2D eigenvalue weighted by Crippen LogP contribution is -2.33. The van der Waals surface area contributed by atoms with Crippen molar-refractivity contribution in [2.45, 2.75) is 32.1 Å². The Morgan fingerprint density at radius 3 is 2.32 bits per heavy atom. The molecule has 0 radical (unpaired) electrons. The number of hydrogen-bond acceptors (Lipinski definition) is 4. The SMILES string of the molecule is CC(C)(C)S(=O)(=O)Nc1ccc(CNc2ccc3sccc3c2)cc1. The highest BCUT2D eigenvalue weighted by atomic mass is 32.2. The predicted octanol–water partition coefficient (Wildman–Crippen LogP) is 5.05. The molecule has 0 spiro atoms. The molecule has 3 aromatic rings. The Labute approximate surface area is 152 Å². The van der Waals surface area contributed by atoms with Crippen LogP contribution in [-0.4, -0.2) is 13.2 Å². The number of fused-ring (bicyclic) bond motifs is 1. The summed E-state index contributed by atoms with van der Waals surface area (Å²) >= 11 is 1.73. The van der Waals surface area contributed by atoms with Crippen LogP contribution in [0.4, 0.5) is 11.4 Å². The summed E-state index contributed by atoms with van der Waals surface area (Å²) in [5, 5.41) is 6.73. The first-order chi connectivity index (χ1) is 11.7. The third-order valence-corrected chi connectivity index (χ3v) is 6.98. The molecule has 1 heterocycles. The van der Waals surface area contributed by atoms with Crippen molar-refractivity contribution in [3.05, 3.63) is 59.5 Å². The zero-order valence-electron chi connectivity index (χ0n) is 14.5. The first kappa shape index (κ1) is 17.8. The van der Waals surface area contributed by atoms with Crippen LogP contribution in [0.1, 0.15) is 26.3 Å². The molecule has 4 nitrogen and oxygen atoms in total. The quantitative estimate of drug-likeness (QED) is 0.657. The maximum atomic E-state index is 12.2. The van der Waals surface area contributed by atoms with E-state index in [1.807, 2.05) is 12.1 Å². The molecule has 132 valence electrons. The van der Waals surface area contributed by atoms with Crippen molar-refractivity contribution in [3.63, 3.8) is 0 Å². The predicted molar refractivity (Wildman–Crippen MR) is 108 cm³/mol. The van der Waals surface area contributed by atoms with Crippen molar-refractivity contribution in [1.29, 1.82) is 0 Å². The third-order valence-electron chi connectivity index (χ3n) is 3.96. The summed E-state index contributed by atoms with van der Waals surface area (Å²) < 4.78 is 27.4. The van der Waals surface area contributed by atoms with E-state index in [-0.39, 0.29) is 0 Å². The third kappa shape index (κ3) is 4.14. The van der Waals surface area contributed by atoms with Gasteiger partial charge in [0, 0.05) is 22.6 Å². The molecule has 1 aromatic heterocycles. The van der Waals surface area contributed by atoms with Crippen molar-refractivity contribution in [2.75, 3.05) is 10.0 Å². The lowest BCUT2D eigenvalue weighted by atomic mass is 10.2. The standard InChI is InChI=1S/C19H22N2O2S2/c1-19(2,3)25(22,23)21-16-6-4-14(5-7-16)13-20-17-8-9-18-15(12-17)10-11-24-18/h4-12,20-21H,13H2,1-3H3. The van der Waals surface area contributed by atoms with Gasteiger partial charge in [-0.2, -0.15) is 0 Å². The number of benzene rings is 2. The van der Waals surface area contributed by atoms with Gasteiger partial charge < -0.3 is 5.32 Å². The lowest BCUT2D eigenvalue weighted by molar-refractivity contribution is 0.566. The second-order valence-corrected chi connectivity index (χ2v) is 10.3. The second-order valence-electron chi connectivity index (χ2n) is 6.94. The Balaban J connectivity index is 1.64. The molecule has 0 aliphatic rings. The zero-order chi connectivity index (χ0) is 18.1. The Kier molecular flexibility index (Phi) is 4.75. The average Bonchev–Trinajstić information content (AvgIpc) is 3.00. The van der Waals surface area contributed by atoms with Crippen LogP contribution in [0.25, 0.3) is 10.1 Å². The van der Waals surface area contributed by atoms with E-state index in [2.05, 4.69) is 39.7 Å². The van der Waals surface area contributed by atoms with Crippen LogP contribution in [0.5, 0.6) is 0 Å². The minimum Gasteiger partial charge on any atom is -0.381 e. The van der Waals surface area contributed by atoms with E-state index in [4.69, 9.17) is 0 Å². The molecule has 0 atom stereocenters. The van der Waals surface area contributed by atoms with Gasteiger partial charge in [-0.15, -0.1) is 11.3 Å². The van der Waals surface area contributed by atoms with E-state index in [9.17, 15) is 8.42 Å². The van der Waals surface area contributed by atoms with Crippen molar-refractivity contribution >= 4 is 42.8 Å². The topological polar surface area (TPSA) is 58.2 Å². The number of sulfonamides is 1. The normalized spacial score (nSPS) is 12.3. The van der Waals surface area contributed by atoms with Crippen molar-refractivity contribution in [3.8, 4) is 0 Å². The van der Waals surface area contributed by atoms with Gasteiger partial charge in [-0.25, -0.2) is 8.42 Å². The molecule has 0 saturated heterocycles. The maximum absolute atomic E-state index is 12.2. The van der Waals surface area contributed by atoms with Gasteiger partial charge in [0.25, 0.3) is 0 Å². The van der Waals surface area contributed by atoms with Gasteiger partial charge in [0.2, 0.25) is 10.0 Å². The second kappa shape index (κ2) is 6.69. The highest BCUT2D eigenvalue weighted by molar-refractivity contribution is 7.94. The molecule has 0 bridgehead atoms. The molecule has 25 heavy (non-hydrogen) atoms.